The lowest BCUT2D eigenvalue weighted by Crippen LogP contribution is -2.20. The van der Waals surface area contributed by atoms with Gasteiger partial charge in [0.1, 0.15) is 0 Å². The number of aromatic nitrogens is 2. The molecule has 0 aliphatic rings. The molecule has 74 valence electrons. The Balaban J connectivity index is 2.76. The van der Waals surface area contributed by atoms with E-state index in [1.807, 2.05) is 12.3 Å². The summed E-state index contributed by atoms with van der Waals surface area (Å²) in [4.78, 5) is 4.11. The molecule has 0 aromatic carbocycles. The second-order valence-electron chi connectivity index (χ2n) is 4.52. The first-order valence-electron chi connectivity index (χ1n) is 4.71. The monoisotopic (exact) mass is 189 g/mol. The van der Waals surface area contributed by atoms with Crippen molar-refractivity contribution in [1.29, 1.82) is 0 Å². The van der Waals surface area contributed by atoms with Crippen molar-refractivity contribution >= 4 is 16.6 Å². The Kier molecular flexibility index (Phi) is 1.77. The van der Waals surface area contributed by atoms with Crippen LogP contribution in [-0.4, -0.2) is 9.55 Å². The SMILES string of the molecule is CC(C)(C)n1ccc2c(N)cncc21. The molecule has 2 aromatic rings. The van der Waals surface area contributed by atoms with Crippen LogP contribution in [0.4, 0.5) is 5.69 Å². The highest BCUT2D eigenvalue weighted by Crippen LogP contribution is 2.26. The fraction of sp³-hybridized carbons (Fsp3) is 0.364. The molecule has 0 fully saturated rings. The second-order valence-corrected chi connectivity index (χ2v) is 4.52. The van der Waals surface area contributed by atoms with Gasteiger partial charge in [0.2, 0.25) is 0 Å². The van der Waals surface area contributed by atoms with Crippen molar-refractivity contribution in [2.75, 3.05) is 5.73 Å². The van der Waals surface area contributed by atoms with Gasteiger partial charge in [0.05, 0.1) is 23.6 Å². The lowest BCUT2D eigenvalue weighted by Gasteiger charge is -2.22. The van der Waals surface area contributed by atoms with Crippen LogP contribution in [0.1, 0.15) is 20.8 Å². The highest BCUT2D eigenvalue weighted by Gasteiger charge is 2.15. The molecule has 0 aliphatic carbocycles. The van der Waals surface area contributed by atoms with Gasteiger partial charge >= 0.3 is 0 Å². The number of hydrogen-bond donors (Lipinski definition) is 1. The first-order chi connectivity index (χ1) is 6.50. The van der Waals surface area contributed by atoms with Crippen LogP contribution in [0.25, 0.3) is 10.9 Å². The molecule has 2 aromatic heterocycles. The molecule has 14 heavy (non-hydrogen) atoms. The van der Waals surface area contributed by atoms with Crippen LogP contribution in [-0.2, 0) is 5.54 Å². The molecule has 0 unspecified atom stereocenters. The number of anilines is 1. The summed E-state index contributed by atoms with van der Waals surface area (Å²) in [5.41, 5.74) is 7.74. The molecule has 0 saturated carbocycles. The van der Waals surface area contributed by atoms with E-state index in [0.717, 1.165) is 16.6 Å². The smallest absolute Gasteiger partial charge is 0.0692 e. The number of hydrogen-bond acceptors (Lipinski definition) is 2. The van der Waals surface area contributed by atoms with Crippen molar-refractivity contribution in [3.63, 3.8) is 0 Å². The van der Waals surface area contributed by atoms with E-state index in [4.69, 9.17) is 5.73 Å². The molecule has 0 atom stereocenters. The van der Waals surface area contributed by atoms with Crippen molar-refractivity contribution in [2.45, 2.75) is 26.3 Å². The van der Waals surface area contributed by atoms with Crippen molar-refractivity contribution in [1.82, 2.24) is 9.55 Å². The van der Waals surface area contributed by atoms with Crippen LogP contribution in [0.3, 0.4) is 0 Å². The van der Waals surface area contributed by atoms with E-state index in [2.05, 4.69) is 36.5 Å². The molecule has 0 amide bonds. The van der Waals surface area contributed by atoms with Crippen molar-refractivity contribution in [2.24, 2.45) is 0 Å². The van der Waals surface area contributed by atoms with Gasteiger partial charge in [-0.25, -0.2) is 0 Å². The fourth-order valence-corrected chi connectivity index (χ4v) is 1.66. The molecule has 0 saturated heterocycles. The van der Waals surface area contributed by atoms with Gasteiger partial charge in [-0.2, -0.15) is 0 Å². The van der Waals surface area contributed by atoms with Gasteiger partial charge in [0, 0.05) is 17.1 Å². The number of pyridine rings is 1. The van der Waals surface area contributed by atoms with E-state index in [9.17, 15) is 0 Å². The van der Waals surface area contributed by atoms with Gasteiger partial charge in [0.25, 0.3) is 0 Å². The van der Waals surface area contributed by atoms with Crippen LogP contribution in [0.2, 0.25) is 0 Å². The maximum atomic E-state index is 5.84. The first-order valence-corrected chi connectivity index (χ1v) is 4.71. The number of nitrogens with zero attached hydrogens (tertiary/aromatic N) is 2. The minimum atomic E-state index is 0.0667. The predicted molar refractivity (Wildman–Crippen MR) is 59.1 cm³/mol. The van der Waals surface area contributed by atoms with Gasteiger partial charge in [-0.05, 0) is 26.8 Å². The quantitative estimate of drug-likeness (QED) is 0.691. The first kappa shape index (κ1) is 9.06. The third-order valence-corrected chi connectivity index (χ3v) is 2.37. The topological polar surface area (TPSA) is 43.8 Å². The van der Waals surface area contributed by atoms with Crippen LogP contribution in [0.15, 0.2) is 24.7 Å². The zero-order valence-corrected chi connectivity index (χ0v) is 8.78. The van der Waals surface area contributed by atoms with E-state index in [1.54, 1.807) is 6.20 Å². The van der Waals surface area contributed by atoms with Crippen molar-refractivity contribution in [3.8, 4) is 0 Å². The third kappa shape index (κ3) is 1.25. The summed E-state index contributed by atoms with van der Waals surface area (Å²) in [6, 6.07) is 2.04. The summed E-state index contributed by atoms with van der Waals surface area (Å²) in [5, 5.41) is 1.08. The van der Waals surface area contributed by atoms with Crippen molar-refractivity contribution < 1.29 is 0 Å². The Bertz CT molecular complexity index is 463. The Labute approximate surface area is 83.6 Å². The zero-order chi connectivity index (χ0) is 10.3. The Morgan fingerprint density at radius 3 is 2.64 bits per heavy atom. The maximum absolute atomic E-state index is 5.84. The zero-order valence-electron chi connectivity index (χ0n) is 8.78. The van der Waals surface area contributed by atoms with E-state index >= 15 is 0 Å². The summed E-state index contributed by atoms with van der Waals surface area (Å²) in [5.74, 6) is 0. The Morgan fingerprint density at radius 1 is 1.29 bits per heavy atom. The third-order valence-electron chi connectivity index (χ3n) is 2.37. The molecule has 2 heterocycles. The van der Waals surface area contributed by atoms with Crippen LogP contribution >= 0.6 is 0 Å². The number of rotatable bonds is 0. The molecule has 0 spiro atoms. The fourth-order valence-electron chi connectivity index (χ4n) is 1.66. The van der Waals surface area contributed by atoms with Crippen molar-refractivity contribution in [3.05, 3.63) is 24.7 Å². The number of nitrogens with two attached hydrogens (primary N) is 1. The average molecular weight is 189 g/mol. The molecular weight excluding hydrogens is 174 g/mol. The lowest BCUT2D eigenvalue weighted by molar-refractivity contribution is 0.410. The minimum Gasteiger partial charge on any atom is -0.397 e. The molecule has 2 N–H and O–H groups in total. The molecule has 3 heteroatoms. The normalized spacial score (nSPS) is 12.2. The standard InChI is InChI=1S/C11H15N3/c1-11(2,3)14-5-4-8-9(12)6-13-7-10(8)14/h4-7H,12H2,1-3H3. The number of fused-ring (bicyclic) bond motifs is 1. The van der Waals surface area contributed by atoms with Crippen LogP contribution in [0, 0.1) is 0 Å². The summed E-state index contributed by atoms with van der Waals surface area (Å²) in [6.07, 6.45) is 5.61. The maximum Gasteiger partial charge on any atom is 0.0692 e. The van der Waals surface area contributed by atoms with Crippen LogP contribution in [0.5, 0.6) is 0 Å². The average Bonchev–Trinajstić information content (AvgIpc) is 2.47. The molecular formula is C11H15N3. The Morgan fingerprint density at radius 2 is 2.00 bits per heavy atom. The van der Waals surface area contributed by atoms with Gasteiger partial charge < -0.3 is 10.3 Å². The summed E-state index contributed by atoms with van der Waals surface area (Å²) >= 11 is 0. The van der Waals surface area contributed by atoms with E-state index in [0.29, 0.717) is 0 Å². The lowest BCUT2D eigenvalue weighted by atomic mass is 10.1. The highest BCUT2D eigenvalue weighted by atomic mass is 15.0. The van der Waals surface area contributed by atoms with Gasteiger partial charge in [-0.3, -0.25) is 4.98 Å². The molecule has 2 rings (SSSR count). The molecule has 0 bridgehead atoms. The summed E-state index contributed by atoms with van der Waals surface area (Å²) in [7, 11) is 0. The summed E-state index contributed by atoms with van der Waals surface area (Å²) < 4.78 is 2.19. The number of nitrogen functional groups attached to an aromatic ring is 1. The molecule has 3 nitrogen and oxygen atoms in total. The Hall–Kier alpha value is -1.51. The van der Waals surface area contributed by atoms with Gasteiger partial charge in [0.15, 0.2) is 0 Å². The van der Waals surface area contributed by atoms with E-state index < -0.39 is 0 Å². The molecule has 0 radical (unpaired) electrons. The highest BCUT2D eigenvalue weighted by molar-refractivity contribution is 5.90. The second kappa shape index (κ2) is 2.74. The minimum absolute atomic E-state index is 0.0667. The summed E-state index contributed by atoms with van der Waals surface area (Å²) in [6.45, 7) is 6.49. The largest absolute Gasteiger partial charge is 0.397 e. The molecule has 0 aliphatic heterocycles. The predicted octanol–water partition coefficient (Wildman–Crippen LogP) is 2.37. The van der Waals surface area contributed by atoms with Gasteiger partial charge in [-0.1, -0.05) is 0 Å². The van der Waals surface area contributed by atoms with E-state index in [1.165, 1.54) is 0 Å². The van der Waals surface area contributed by atoms with E-state index in [-0.39, 0.29) is 5.54 Å². The van der Waals surface area contributed by atoms with Crippen LogP contribution < -0.4 is 5.73 Å². The van der Waals surface area contributed by atoms with Gasteiger partial charge in [-0.15, -0.1) is 0 Å².